The highest BCUT2D eigenvalue weighted by Gasteiger charge is 2.01. The van der Waals surface area contributed by atoms with Crippen LogP contribution in [0, 0.1) is 0 Å². The number of rotatable bonds is 6. The van der Waals surface area contributed by atoms with Crippen molar-refractivity contribution in [2.45, 2.75) is 6.54 Å². The summed E-state index contributed by atoms with van der Waals surface area (Å²) in [5.41, 5.74) is 8.39. The van der Waals surface area contributed by atoms with Crippen molar-refractivity contribution in [1.82, 2.24) is 15.6 Å². The van der Waals surface area contributed by atoms with E-state index in [0.717, 1.165) is 11.3 Å². The Morgan fingerprint density at radius 3 is 2.57 bits per heavy atom. The number of benzene rings is 2. The topological polar surface area (TPSA) is 59.1 Å². The quantitative estimate of drug-likeness (QED) is 0.669. The second kappa shape index (κ2) is 7.58. The van der Waals surface area contributed by atoms with Crippen LogP contribution < -0.4 is 15.6 Å². The van der Waals surface area contributed by atoms with Crippen molar-refractivity contribution < 1.29 is 4.74 Å². The van der Waals surface area contributed by atoms with E-state index in [-0.39, 0.29) is 0 Å². The first kappa shape index (κ1) is 15.3. The monoisotopic (exact) mass is 326 g/mol. The highest BCUT2D eigenvalue weighted by molar-refractivity contribution is 6.29. The van der Waals surface area contributed by atoms with E-state index in [1.54, 1.807) is 12.1 Å². The van der Waals surface area contributed by atoms with E-state index < -0.39 is 0 Å². The average Bonchev–Trinajstić information content (AvgIpc) is 2.58. The van der Waals surface area contributed by atoms with Crippen LogP contribution in [0.15, 0.2) is 66.7 Å². The molecular weight excluding hydrogens is 312 g/mol. The van der Waals surface area contributed by atoms with Gasteiger partial charge in [-0.1, -0.05) is 41.9 Å². The molecule has 0 spiro atoms. The summed E-state index contributed by atoms with van der Waals surface area (Å²) in [5, 5.41) is 7.96. The summed E-state index contributed by atoms with van der Waals surface area (Å²) in [6.45, 7) is 0.651. The number of para-hydroxylation sites is 1. The number of ether oxygens (including phenoxy) is 1. The largest absolute Gasteiger partial charge is 0.438 e. The number of hydrogen-bond donors (Lipinski definition) is 2. The minimum absolute atomic E-state index is 0.335. The molecule has 23 heavy (non-hydrogen) atoms. The van der Waals surface area contributed by atoms with Crippen molar-refractivity contribution in [2.75, 3.05) is 5.43 Å². The first-order valence-electron chi connectivity index (χ1n) is 7.09. The predicted octanol–water partition coefficient (Wildman–Crippen LogP) is 4.04. The lowest BCUT2D eigenvalue weighted by Crippen LogP contribution is -2.20. The molecule has 3 aromatic rings. The fourth-order valence-electron chi connectivity index (χ4n) is 1.97. The van der Waals surface area contributed by atoms with Gasteiger partial charge in [0, 0.05) is 18.3 Å². The van der Waals surface area contributed by atoms with Crippen LogP contribution in [-0.4, -0.2) is 10.2 Å². The Bertz CT molecular complexity index is 750. The van der Waals surface area contributed by atoms with E-state index in [1.165, 1.54) is 0 Å². The number of halogens is 1. The van der Waals surface area contributed by atoms with E-state index in [4.69, 9.17) is 16.3 Å². The lowest BCUT2D eigenvalue weighted by atomic mass is 10.2. The van der Waals surface area contributed by atoms with Gasteiger partial charge in [-0.2, -0.15) is 0 Å². The molecule has 116 valence electrons. The van der Waals surface area contributed by atoms with Crippen molar-refractivity contribution in [3.8, 4) is 11.6 Å². The van der Waals surface area contributed by atoms with Crippen molar-refractivity contribution in [3.05, 3.63) is 77.4 Å². The molecule has 0 aliphatic rings. The molecule has 2 aromatic carbocycles. The maximum atomic E-state index is 5.70. The number of aromatic nitrogens is 2. The van der Waals surface area contributed by atoms with Gasteiger partial charge in [-0.15, -0.1) is 10.2 Å². The number of nitrogens with zero attached hydrogens (tertiary/aromatic N) is 2. The second-order valence-electron chi connectivity index (χ2n) is 4.79. The fourth-order valence-corrected chi connectivity index (χ4v) is 2.07. The average molecular weight is 327 g/mol. The minimum Gasteiger partial charge on any atom is -0.438 e. The Morgan fingerprint density at radius 1 is 0.913 bits per heavy atom. The van der Waals surface area contributed by atoms with Crippen molar-refractivity contribution in [3.63, 3.8) is 0 Å². The molecule has 0 radical (unpaired) electrons. The molecule has 1 aromatic heterocycles. The Morgan fingerprint density at radius 2 is 1.78 bits per heavy atom. The molecule has 3 rings (SSSR count). The maximum Gasteiger partial charge on any atom is 0.238 e. The van der Waals surface area contributed by atoms with E-state index in [2.05, 4.69) is 21.0 Å². The zero-order chi connectivity index (χ0) is 15.9. The molecule has 0 aliphatic carbocycles. The summed E-state index contributed by atoms with van der Waals surface area (Å²) in [6, 6.07) is 21.0. The molecule has 0 unspecified atom stereocenters. The fraction of sp³-hybridized carbons (Fsp3) is 0.0588. The summed E-state index contributed by atoms with van der Waals surface area (Å²) < 4.78 is 5.66. The van der Waals surface area contributed by atoms with Crippen LogP contribution in [0.3, 0.4) is 0 Å². The van der Waals surface area contributed by atoms with Gasteiger partial charge in [0.2, 0.25) is 5.88 Å². The van der Waals surface area contributed by atoms with Gasteiger partial charge in [-0.3, -0.25) is 0 Å². The van der Waals surface area contributed by atoms with Gasteiger partial charge in [0.25, 0.3) is 0 Å². The van der Waals surface area contributed by atoms with E-state index in [9.17, 15) is 0 Å². The van der Waals surface area contributed by atoms with Crippen molar-refractivity contribution in [1.29, 1.82) is 0 Å². The van der Waals surface area contributed by atoms with Crippen molar-refractivity contribution >= 4 is 17.3 Å². The normalized spacial score (nSPS) is 10.3. The maximum absolute atomic E-state index is 5.70. The second-order valence-corrected chi connectivity index (χ2v) is 5.18. The Labute approximate surface area is 139 Å². The van der Waals surface area contributed by atoms with Crippen LogP contribution >= 0.6 is 11.6 Å². The lowest BCUT2D eigenvalue weighted by molar-refractivity contribution is 0.454. The number of hydrazine groups is 1. The first-order chi connectivity index (χ1) is 11.3. The van der Waals surface area contributed by atoms with Gasteiger partial charge in [-0.25, -0.2) is 5.43 Å². The third kappa shape index (κ3) is 4.67. The zero-order valence-electron chi connectivity index (χ0n) is 12.2. The van der Waals surface area contributed by atoms with Crippen LogP contribution in [0.1, 0.15) is 5.56 Å². The van der Waals surface area contributed by atoms with Gasteiger partial charge >= 0.3 is 0 Å². The molecule has 2 N–H and O–H groups in total. The summed E-state index contributed by atoms with van der Waals surface area (Å²) in [5.74, 6) is 1.10. The minimum atomic E-state index is 0.335. The Hall–Kier alpha value is -2.63. The summed E-state index contributed by atoms with van der Waals surface area (Å²) in [6.07, 6.45) is 0. The van der Waals surface area contributed by atoms with Gasteiger partial charge in [0.05, 0.1) is 0 Å². The molecule has 1 heterocycles. The molecular formula is C17H15ClN4O. The van der Waals surface area contributed by atoms with Crippen LogP contribution in [-0.2, 0) is 6.54 Å². The number of nitrogens with one attached hydrogen (secondary N) is 2. The molecule has 0 amide bonds. The van der Waals surface area contributed by atoms with Gasteiger partial charge < -0.3 is 10.2 Å². The highest BCUT2D eigenvalue weighted by atomic mass is 35.5. The summed E-state index contributed by atoms with van der Waals surface area (Å²) >= 11 is 5.70. The van der Waals surface area contributed by atoms with Crippen LogP contribution in [0.25, 0.3) is 0 Å². The molecule has 0 saturated carbocycles. The van der Waals surface area contributed by atoms with Gasteiger partial charge in [0.15, 0.2) is 5.15 Å². The van der Waals surface area contributed by atoms with E-state index in [0.29, 0.717) is 23.3 Å². The third-order valence-electron chi connectivity index (χ3n) is 3.03. The summed E-state index contributed by atoms with van der Waals surface area (Å²) in [7, 11) is 0. The molecule has 0 atom stereocenters. The molecule has 5 nitrogen and oxygen atoms in total. The SMILES string of the molecule is Clc1ccc(Oc2cccc(CNNc3ccccc3)c2)nn1. The van der Waals surface area contributed by atoms with Gasteiger partial charge in [0.1, 0.15) is 5.75 Å². The van der Waals surface area contributed by atoms with E-state index >= 15 is 0 Å². The third-order valence-corrected chi connectivity index (χ3v) is 3.23. The predicted molar refractivity (Wildman–Crippen MR) is 90.5 cm³/mol. The smallest absolute Gasteiger partial charge is 0.238 e. The number of anilines is 1. The molecule has 0 saturated heterocycles. The first-order valence-corrected chi connectivity index (χ1v) is 7.47. The molecule has 0 bridgehead atoms. The van der Waals surface area contributed by atoms with Crippen LogP contribution in [0.5, 0.6) is 11.6 Å². The Kier molecular flexibility index (Phi) is 5.03. The Balaban J connectivity index is 1.57. The van der Waals surface area contributed by atoms with E-state index in [1.807, 2.05) is 54.6 Å². The van der Waals surface area contributed by atoms with Crippen LogP contribution in [0.4, 0.5) is 5.69 Å². The standard InChI is InChI=1S/C17H15ClN4O/c18-16-9-10-17(22-21-16)23-15-8-4-5-13(11-15)12-19-20-14-6-2-1-3-7-14/h1-11,19-20H,12H2. The van der Waals surface area contributed by atoms with Crippen LogP contribution in [0.2, 0.25) is 5.15 Å². The zero-order valence-corrected chi connectivity index (χ0v) is 13.0. The lowest BCUT2D eigenvalue weighted by Gasteiger charge is -2.09. The van der Waals surface area contributed by atoms with Gasteiger partial charge in [-0.05, 0) is 35.9 Å². The van der Waals surface area contributed by atoms with Crippen molar-refractivity contribution in [2.24, 2.45) is 0 Å². The molecule has 0 aliphatic heterocycles. The number of hydrogen-bond acceptors (Lipinski definition) is 5. The summed E-state index contributed by atoms with van der Waals surface area (Å²) in [4.78, 5) is 0. The highest BCUT2D eigenvalue weighted by Crippen LogP contribution is 2.20. The molecule has 0 fully saturated rings. The molecule has 6 heteroatoms.